The molecule has 1 N–H and O–H groups in total. The molecule has 152 valence electrons. The highest BCUT2D eigenvalue weighted by Gasteiger charge is 2.17. The molecule has 3 heterocycles. The molecule has 1 saturated heterocycles. The van der Waals surface area contributed by atoms with E-state index in [-0.39, 0.29) is 11.7 Å². The standard InChI is InChI=1S/C21H27N7O/c1-17-8-10-23-21-24-19(25-28(17)21)20(29)22-9-5-11-26-12-14-27(15-13-26)16-18-6-3-2-4-7-18/h2-4,6-8,10H,5,9,11-16H2,1H3,(H,22,29). The first kappa shape index (κ1) is 19.5. The number of hydrogen-bond acceptors (Lipinski definition) is 6. The summed E-state index contributed by atoms with van der Waals surface area (Å²) in [6.07, 6.45) is 2.58. The van der Waals surface area contributed by atoms with E-state index in [1.165, 1.54) is 5.56 Å². The van der Waals surface area contributed by atoms with Gasteiger partial charge in [-0.2, -0.15) is 4.98 Å². The molecule has 0 radical (unpaired) electrons. The van der Waals surface area contributed by atoms with Crippen LogP contribution in [0.5, 0.6) is 0 Å². The molecule has 1 fully saturated rings. The number of amides is 1. The third kappa shape index (κ3) is 4.96. The van der Waals surface area contributed by atoms with Crippen LogP contribution < -0.4 is 5.32 Å². The van der Waals surface area contributed by atoms with Crippen molar-refractivity contribution in [3.63, 3.8) is 0 Å². The molecule has 0 bridgehead atoms. The number of piperazine rings is 1. The van der Waals surface area contributed by atoms with Crippen molar-refractivity contribution in [3.8, 4) is 0 Å². The summed E-state index contributed by atoms with van der Waals surface area (Å²) < 4.78 is 1.59. The summed E-state index contributed by atoms with van der Waals surface area (Å²) in [5.41, 5.74) is 2.27. The minimum atomic E-state index is -0.248. The summed E-state index contributed by atoms with van der Waals surface area (Å²) in [4.78, 5) is 25.6. The number of nitrogens with zero attached hydrogens (tertiary/aromatic N) is 6. The predicted molar refractivity (Wildman–Crippen MR) is 111 cm³/mol. The molecule has 0 saturated carbocycles. The summed E-state index contributed by atoms with van der Waals surface area (Å²) in [7, 11) is 0. The van der Waals surface area contributed by atoms with Crippen LogP contribution in [0.25, 0.3) is 5.78 Å². The van der Waals surface area contributed by atoms with E-state index in [2.05, 4.69) is 60.5 Å². The van der Waals surface area contributed by atoms with Crippen LogP contribution in [-0.2, 0) is 6.54 Å². The van der Waals surface area contributed by atoms with Gasteiger partial charge >= 0.3 is 0 Å². The van der Waals surface area contributed by atoms with E-state index in [9.17, 15) is 4.79 Å². The highest BCUT2D eigenvalue weighted by atomic mass is 16.2. The Morgan fingerprint density at radius 3 is 2.59 bits per heavy atom. The van der Waals surface area contributed by atoms with Crippen LogP contribution in [0, 0.1) is 6.92 Å². The van der Waals surface area contributed by atoms with Crippen LogP contribution >= 0.6 is 0 Å². The van der Waals surface area contributed by atoms with Crippen LogP contribution in [0.4, 0.5) is 0 Å². The molecule has 0 spiro atoms. The quantitative estimate of drug-likeness (QED) is 0.611. The van der Waals surface area contributed by atoms with Crippen LogP contribution in [0.2, 0.25) is 0 Å². The summed E-state index contributed by atoms with van der Waals surface area (Å²) >= 11 is 0. The van der Waals surface area contributed by atoms with Crippen molar-refractivity contribution < 1.29 is 4.79 Å². The number of benzene rings is 1. The number of carbonyl (C=O) groups is 1. The molecule has 3 aromatic rings. The van der Waals surface area contributed by atoms with Crippen LogP contribution in [-0.4, -0.2) is 74.6 Å². The van der Waals surface area contributed by atoms with Crippen molar-refractivity contribution in [1.29, 1.82) is 0 Å². The zero-order valence-electron chi connectivity index (χ0n) is 16.8. The van der Waals surface area contributed by atoms with Gasteiger partial charge < -0.3 is 10.2 Å². The molecule has 1 aromatic carbocycles. The van der Waals surface area contributed by atoms with E-state index in [0.717, 1.165) is 51.4 Å². The van der Waals surface area contributed by atoms with Crippen LogP contribution in [0.1, 0.15) is 28.3 Å². The maximum Gasteiger partial charge on any atom is 0.291 e. The molecular formula is C21H27N7O. The van der Waals surface area contributed by atoms with Crippen molar-refractivity contribution >= 4 is 11.7 Å². The summed E-state index contributed by atoms with van der Waals surface area (Å²) in [5.74, 6) is 0.368. The number of hydrogen-bond donors (Lipinski definition) is 1. The summed E-state index contributed by atoms with van der Waals surface area (Å²) in [6, 6.07) is 12.5. The Kier molecular flexibility index (Phi) is 6.12. The fourth-order valence-electron chi connectivity index (χ4n) is 3.60. The molecule has 0 atom stereocenters. The van der Waals surface area contributed by atoms with Crippen molar-refractivity contribution in [2.45, 2.75) is 19.9 Å². The topological polar surface area (TPSA) is 78.7 Å². The van der Waals surface area contributed by atoms with Crippen molar-refractivity contribution in [2.75, 3.05) is 39.3 Å². The number of rotatable bonds is 7. The number of aromatic nitrogens is 4. The third-order valence-electron chi connectivity index (χ3n) is 5.28. The van der Waals surface area contributed by atoms with Crippen LogP contribution in [0.3, 0.4) is 0 Å². The molecule has 8 heteroatoms. The number of nitrogens with one attached hydrogen (secondary N) is 1. The molecule has 8 nitrogen and oxygen atoms in total. The van der Waals surface area contributed by atoms with E-state index in [0.29, 0.717) is 12.3 Å². The van der Waals surface area contributed by atoms with Gasteiger partial charge in [0.25, 0.3) is 11.7 Å². The smallest absolute Gasteiger partial charge is 0.291 e. The summed E-state index contributed by atoms with van der Waals surface area (Å²) in [5, 5.41) is 7.16. The first-order chi connectivity index (χ1) is 14.2. The van der Waals surface area contributed by atoms with E-state index in [4.69, 9.17) is 0 Å². The highest BCUT2D eigenvalue weighted by Crippen LogP contribution is 2.08. The maximum absolute atomic E-state index is 12.3. The van der Waals surface area contributed by atoms with Gasteiger partial charge in [-0.3, -0.25) is 9.69 Å². The lowest BCUT2D eigenvalue weighted by molar-refractivity contribution is 0.0937. The molecule has 1 aliphatic rings. The van der Waals surface area contributed by atoms with E-state index < -0.39 is 0 Å². The van der Waals surface area contributed by atoms with Gasteiger partial charge in [-0.25, -0.2) is 9.50 Å². The fourth-order valence-corrected chi connectivity index (χ4v) is 3.60. The largest absolute Gasteiger partial charge is 0.349 e. The molecule has 2 aromatic heterocycles. The summed E-state index contributed by atoms with van der Waals surface area (Å²) in [6.45, 7) is 8.83. The predicted octanol–water partition coefficient (Wildman–Crippen LogP) is 1.37. The second-order valence-electron chi connectivity index (χ2n) is 7.45. The third-order valence-corrected chi connectivity index (χ3v) is 5.28. The van der Waals surface area contributed by atoms with Gasteiger partial charge in [0.2, 0.25) is 5.82 Å². The average Bonchev–Trinajstić information content (AvgIpc) is 3.19. The Hall–Kier alpha value is -2.84. The Labute approximate surface area is 170 Å². The normalized spacial score (nSPS) is 15.6. The zero-order valence-corrected chi connectivity index (χ0v) is 16.8. The Bertz CT molecular complexity index is 948. The number of fused-ring (bicyclic) bond motifs is 1. The molecule has 4 rings (SSSR count). The van der Waals surface area contributed by atoms with E-state index in [1.807, 2.05) is 13.0 Å². The van der Waals surface area contributed by atoms with Gasteiger partial charge in [0.05, 0.1) is 0 Å². The van der Waals surface area contributed by atoms with Gasteiger partial charge in [0.1, 0.15) is 0 Å². The van der Waals surface area contributed by atoms with Gasteiger partial charge in [0.15, 0.2) is 0 Å². The van der Waals surface area contributed by atoms with Crippen LogP contribution in [0.15, 0.2) is 42.6 Å². The first-order valence-corrected chi connectivity index (χ1v) is 10.1. The van der Waals surface area contributed by atoms with Gasteiger partial charge in [-0.15, -0.1) is 5.10 Å². The van der Waals surface area contributed by atoms with Gasteiger partial charge in [-0.05, 0) is 31.5 Å². The van der Waals surface area contributed by atoms with Crippen molar-refractivity contribution in [2.24, 2.45) is 0 Å². The lowest BCUT2D eigenvalue weighted by Gasteiger charge is -2.34. The lowest BCUT2D eigenvalue weighted by Crippen LogP contribution is -2.46. The molecule has 29 heavy (non-hydrogen) atoms. The lowest BCUT2D eigenvalue weighted by atomic mass is 10.2. The second-order valence-corrected chi connectivity index (χ2v) is 7.45. The minimum Gasteiger partial charge on any atom is -0.349 e. The minimum absolute atomic E-state index is 0.168. The van der Waals surface area contributed by atoms with Gasteiger partial charge in [0, 0.05) is 51.2 Å². The average molecular weight is 393 g/mol. The van der Waals surface area contributed by atoms with Crippen molar-refractivity contribution in [3.05, 3.63) is 59.7 Å². The SMILES string of the molecule is Cc1ccnc2nc(C(=O)NCCCN3CCN(Cc4ccccc4)CC3)nn12. The Morgan fingerprint density at radius 1 is 1.07 bits per heavy atom. The Balaban J connectivity index is 1.16. The first-order valence-electron chi connectivity index (χ1n) is 10.1. The molecular weight excluding hydrogens is 366 g/mol. The highest BCUT2D eigenvalue weighted by molar-refractivity contribution is 5.90. The molecule has 0 unspecified atom stereocenters. The fraction of sp³-hybridized carbons (Fsp3) is 0.429. The molecule has 1 amide bonds. The zero-order chi connectivity index (χ0) is 20.1. The molecule has 0 aliphatic carbocycles. The van der Waals surface area contributed by atoms with E-state index in [1.54, 1.807) is 10.7 Å². The van der Waals surface area contributed by atoms with Gasteiger partial charge in [-0.1, -0.05) is 30.3 Å². The number of carbonyl (C=O) groups excluding carboxylic acids is 1. The van der Waals surface area contributed by atoms with E-state index >= 15 is 0 Å². The second kappa shape index (κ2) is 9.11. The number of aryl methyl sites for hydroxylation is 1. The monoisotopic (exact) mass is 393 g/mol. The van der Waals surface area contributed by atoms with Crippen molar-refractivity contribution in [1.82, 2.24) is 34.7 Å². The maximum atomic E-state index is 12.3. The Morgan fingerprint density at radius 2 is 1.83 bits per heavy atom. The molecule has 1 aliphatic heterocycles.